The van der Waals surface area contributed by atoms with E-state index >= 15 is 0 Å². The number of para-hydroxylation sites is 2. The third-order valence-electron chi connectivity index (χ3n) is 9.77. The molecule has 0 aliphatic carbocycles. The second kappa shape index (κ2) is 11.4. The molecule has 0 saturated carbocycles. The zero-order valence-corrected chi connectivity index (χ0v) is 28.3. The average molecular weight is 690 g/mol. The minimum atomic E-state index is 0.376. The Hall–Kier alpha value is -5.86. The zero-order valence-electron chi connectivity index (χ0n) is 26.6. The number of fused-ring (bicyclic) bond motifs is 7. The van der Waals surface area contributed by atoms with Gasteiger partial charge in [-0.25, -0.2) is 0 Å². The quantitative estimate of drug-likeness (QED) is 0.163. The Morgan fingerprint density at radius 3 is 1.92 bits per heavy atom. The summed E-state index contributed by atoms with van der Waals surface area (Å²) in [6.07, 6.45) is 0. The van der Waals surface area contributed by atoms with Crippen molar-refractivity contribution in [1.29, 1.82) is 0 Å². The fourth-order valence-corrected chi connectivity index (χ4v) is 9.77. The van der Waals surface area contributed by atoms with Gasteiger partial charge in [0.2, 0.25) is 0 Å². The summed E-state index contributed by atoms with van der Waals surface area (Å²) < 4.78 is 5.34. The first-order valence-electron chi connectivity index (χ1n) is 16.7. The molecule has 0 amide bonds. The van der Waals surface area contributed by atoms with E-state index in [2.05, 4.69) is 191 Å². The molecular formula is C46H30N2Se. The van der Waals surface area contributed by atoms with Crippen LogP contribution in [-0.4, -0.2) is 19.1 Å². The third kappa shape index (κ3) is 4.63. The summed E-state index contributed by atoms with van der Waals surface area (Å²) in [4.78, 5) is 2.42. The van der Waals surface area contributed by atoms with Crippen molar-refractivity contribution in [2.24, 2.45) is 0 Å². The number of anilines is 3. The van der Waals surface area contributed by atoms with Crippen LogP contribution in [0.5, 0.6) is 0 Å². The van der Waals surface area contributed by atoms with E-state index in [4.69, 9.17) is 0 Å². The first-order valence-corrected chi connectivity index (χ1v) is 18.4. The molecule has 230 valence electrons. The number of benzene rings is 8. The second-order valence-electron chi connectivity index (χ2n) is 12.6. The van der Waals surface area contributed by atoms with Gasteiger partial charge in [0, 0.05) is 16.5 Å². The van der Waals surface area contributed by atoms with Crippen molar-refractivity contribution >= 4 is 83.4 Å². The molecule has 0 aliphatic heterocycles. The molecule has 0 aliphatic rings. The predicted molar refractivity (Wildman–Crippen MR) is 210 cm³/mol. The Morgan fingerprint density at radius 2 is 1.04 bits per heavy atom. The molecule has 0 radical (unpaired) electrons. The second-order valence-corrected chi connectivity index (χ2v) is 14.9. The van der Waals surface area contributed by atoms with Gasteiger partial charge in [-0.05, 0) is 18.2 Å². The minimum absolute atomic E-state index is 0.376. The molecule has 0 unspecified atom stereocenters. The molecule has 49 heavy (non-hydrogen) atoms. The van der Waals surface area contributed by atoms with Gasteiger partial charge in [0.15, 0.2) is 0 Å². The predicted octanol–water partition coefficient (Wildman–Crippen LogP) is 12.4. The van der Waals surface area contributed by atoms with Gasteiger partial charge in [-0.3, -0.25) is 0 Å². The molecule has 10 aromatic rings. The average Bonchev–Trinajstić information content (AvgIpc) is 3.71. The number of hydrogen-bond acceptors (Lipinski definition) is 1. The van der Waals surface area contributed by atoms with Crippen LogP contribution in [0.15, 0.2) is 182 Å². The zero-order chi connectivity index (χ0) is 32.3. The van der Waals surface area contributed by atoms with E-state index in [0.29, 0.717) is 14.5 Å². The van der Waals surface area contributed by atoms with Crippen LogP contribution in [0.4, 0.5) is 17.1 Å². The molecule has 0 fully saturated rings. The molecule has 0 N–H and O–H groups in total. The van der Waals surface area contributed by atoms with Crippen molar-refractivity contribution in [1.82, 2.24) is 4.57 Å². The van der Waals surface area contributed by atoms with Crippen molar-refractivity contribution in [2.75, 3.05) is 4.90 Å². The minimum Gasteiger partial charge on any atom is -0.0602 e. The van der Waals surface area contributed by atoms with Gasteiger partial charge in [0.05, 0.1) is 5.52 Å². The van der Waals surface area contributed by atoms with E-state index in [1.54, 1.807) is 0 Å². The van der Waals surface area contributed by atoms with Crippen molar-refractivity contribution in [3.63, 3.8) is 0 Å². The molecule has 2 heterocycles. The van der Waals surface area contributed by atoms with Crippen LogP contribution in [0.1, 0.15) is 0 Å². The molecule has 3 heteroatoms. The summed E-state index contributed by atoms with van der Waals surface area (Å²) in [5, 5.41) is 7.72. The summed E-state index contributed by atoms with van der Waals surface area (Å²) in [6.45, 7) is 0. The fourth-order valence-electron chi connectivity index (χ4n) is 7.49. The van der Waals surface area contributed by atoms with Crippen molar-refractivity contribution < 1.29 is 0 Å². The first-order chi connectivity index (χ1) is 24.3. The smallest absolute Gasteiger partial charge is 0.0602 e. The van der Waals surface area contributed by atoms with Crippen LogP contribution in [0, 0.1) is 0 Å². The SMILES string of the molecule is c1ccc(-n2c3ccccc3c3ccc(N(c4ccc(-c5ccc6[se]c7ccccc7c6c5)cc4)c4cccc5ccccc45)cc32)cc1. The van der Waals surface area contributed by atoms with E-state index in [1.165, 1.54) is 63.0 Å². The van der Waals surface area contributed by atoms with Crippen LogP contribution >= 0.6 is 0 Å². The van der Waals surface area contributed by atoms with Gasteiger partial charge >= 0.3 is 186 Å². The van der Waals surface area contributed by atoms with Crippen molar-refractivity contribution in [3.05, 3.63) is 182 Å². The molecule has 8 aromatic carbocycles. The van der Waals surface area contributed by atoms with E-state index < -0.39 is 0 Å². The number of aromatic nitrogens is 1. The number of nitrogens with zero attached hydrogens (tertiary/aromatic N) is 2. The van der Waals surface area contributed by atoms with Crippen LogP contribution in [-0.2, 0) is 0 Å². The molecule has 2 aromatic heterocycles. The van der Waals surface area contributed by atoms with E-state index in [9.17, 15) is 0 Å². The van der Waals surface area contributed by atoms with Gasteiger partial charge in [-0.15, -0.1) is 0 Å². The van der Waals surface area contributed by atoms with Crippen LogP contribution in [0.2, 0.25) is 0 Å². The monoisotopic (exact) mass is 690 g/mol. The Kier molecular flexibility index (Phi) is 6.55. The van der Waals surface area contributed by atoms with Crippen LogP contribution in [0.3, 0.4) is 0 Å². The maximum absolute atomic E-state index is 2.42. The van der Waals surface area contributed by atoms with Gasteiger partial charge < -0.3 is 4.57 Å². The summed E-state index contributed by atoms with van der Waals surface area (Å²) in [6, 6.07) is 66.6. The summed E-state index contributed by atoms with van der Waals surface area (Å²) in [7, 11) is 0. The van der Waals surface area contributed by atoms with Crippen LogP contribution < -0.4 is 4.90 Å². The number of rotatable bonds is 5. The Balaban J connectivity index is 1.16. The third-order valence-corrected chi connectivity index (χ3v) is 12.2. The maximum atomic E-state index is 2.42. The Labute approximate surface area is 290 Å². The molecule has 2 nitrogen and oxygen atoms in total. The van der Waals surface area contributed by atoms with Crippen molar-refractivity contribution in [2.45, 2.75) is 0 Å². The molecule has 0 atom stereocenters. The van der Waals surface area contributed by atoms with Gasteiger partial charge in [0.1, 0.15) is 0 Å². The normalized spacial score (nSPS) is 11.7. The Morgan fingerprint density at radius 1 is 0.388 bits per heavy atom. The molecular weight excluding hydrogens is 659 g/mol. The molecule has 0 saturated heterocycles. The Bertz CT molecular complexity index is 2820. The topological polar surface area (TPSA) is 8.17 Å². The summed E-state index contributed by atoms with van der Waals surface area (Å²) >= 11 is 0.376. The van der Waals surface area contributed by atoms with Crippen molar-refractivity contribution in [3.8, 4) is 16.8 Å². The van der Waals surface area contributed by atoms with E-state index in [-0.39, 0.29) is 0 Å². The first kappa shape index (κ1) is 28.2. The molecule has 0 spiro atoms. The van der Waals surface area contributed by atoms with Gasteiger partial charge in [0.25, 0.3) is 0 Å². The van der Waals surface area contributed by atoms with Gasteiger partial charge in [-0.1, -0.05) is 60.7 Å². The molecule has 0 bridgehead atoms. The number of hydrogen-bond donors (Lipinski definition) is 0. The van der Waals surface area contributed by atoms with Gasteiger partial charge in [-0.2, -0.15) is 0 Å². The fraction of sp³-hybridized carbons (Fsp3) is 0. The van der Waals surface area contributed by atoms with E-state index in [0.717, 1.165) is 22.7 Å². The van der Waals surface area contributed by atoms with E-state index in [1.807, 2.05) is 0 Å². The summed E-state index contributed by atoms with van der Waals surface area (Å²) in [5.74, 6) is 0. The molecule has 10 rings (SSSR count). The summed E-state index contributed by atoms with van der Waals surface area (Å²) in [5.41, 5.74) is 9.43. The van der Waals surface area contributed by atoms with Crippen LogP contribution in [0.25, 0.3) is 68.7 Å². The standard InChI is InChI=1S/C46H30N2Se/c1-2-13-34(14-3-1)48-43-18-8-6-16-38(43)39-27-26-36(30-44(39)48)47(42-19-10-12-32-11-4-5-15-37(32)42)35-24-21-31(22-25-35)33-23-28-46-41(29-33)40-17-7-9-20-45(40)49-46/h1-30H.